The molecule has 1 amide bonds. The number of carbonyl (C=O) groups is 1. The van der Waals surface area contributed by atoms with Crippen molar-refractivity contribution in [2.45, 2.75) is 32.4 Å². The fraction of sp³-hybridized carbons (Fsp3) is 0.250. The van der Waals surface area contributed by atoms with Crippen molar-refractivity contribution in [3.8, 4) is 0 Å². The Labute approximate surface area is 156 Å². The summed E-state index contributed by atoms with van der Waals surface area (Å²) < 4.78 is 14.3. The summed E-state index contributed by atoms with van der Waals surface area (Å²) in [5, 5.41) is 17.0. The molecule has 3 rings (SSSR count). The van der Waals surface area contributed by atoms with Crippen molar-refractivity contribution < 1.29 is 14.3 Å². The lowest BCUT2D eigenvalue weighted by molar-refractivity contribution is 0.101. The summed E-state index contributed by atoms with van der Waals surface area (Å²) >= 11 is 0. The molecule has 0 aliphatic rings. The van der Waals surface area contributed by atoms with Crippen molar-refractivity contribution in [1.82, 2.24) is 14.8 Å². The van der Waals surface area contributed by atoms with Gasteiger partial charge >= 0.3 is 0 Å². The van der Waals surface area contributed by atoms with Crippen molar-refractivity contribution >= 4 is 11.6 Å². The Morgan fingerprint density at radius 1 is 1.11 bits per heavy atom. The Morgan fingerprint density at radius 3 is 2.37 bits per heavy atom. The van der Waals surface area contributed by atoms with E-state index < -0.39 is 12.0 Å². The van der Waals surface area contributed by atoms with E-state index in [-0.39, 0.29) is 18.2 Å². The van der Waals surface area contributed by atoms with E-state index >= 15 is 0 Å². The number of halogens is 1. The van der Waals surface area contributed by atoms with Gasteiger partial charge in [-0.2, -0.15) is 0 Å². The molecule has 0 fully saturated rings. The second kappa shape index (κ2) is 8.09. The van der Waals surface area contributed by atoms with Crippen LogP contribution < -0.4 is 5.32 Å². The average molecular weight is 368 g/mol. The number of carbonyl (C=O) groups excluding carboxylic acids is 1. The summed E-state index contributed by atoms with van der Waals surface area (Å²) in [4.78, 5) is 16.3. The number of hydrogen-bond acceptors (Lipinski definition) is 4. The maximum atomic E-state index is 13.0. The zero-order chi connectivity index (χ0) is 19.4. The fourth-order valence-electron chi connectivity index (χ4n) is 2.59. The van der Waals surface area contributed by atoms with Crippen LogP contribution in [0, 0.1) is 5.82 Å². The Morgan fingerprint density at radius 2 is 1.74 bits per heavy atom. The number of aliphatic hydroxyl groups excluding tert-OH is 1. The van der Waals surface area contributed by atoms with Crippen molar-refractivity contribution in [2.75, 3.05) is 5.32 Å². The molecule has 1 aromatic heterocycles. The van der Waals surface area contributed by atoms with Crippen LogP contribution in [0.15, 0.2) is 54.9 Å². The van der Waals surface area contributed by atoms with Gasteiger partial charge in [-0.15, -0.1) is 5.10 Å². The molecule has 0 aliphatic carbocycles. The minimum Gasteiger partial charge on any atom is -0.386 e. The van der Waals surface area contributed by atoms with Crippen molar-refractivity contribution in [2.24, 2.45) is 0 Å². The zero-order valence-electron chi connectivity index (χ0n) is 15.1. The quantitative estimate of drug-likeness (QED) is 0.698. The van der Waals surface area contributed by atoms with Crippen LogP contribution in [-0.2, 0) is 6.54 Å². The van der Waals surface area contributed by atoms with E-state index in [9.17, 15) is 14.3 Å². The number of aliphatic hydroxyl groups is 1. The van der Waals surface area contributed by atoms with Gasteiger partial charge in [0.05, 0.1) is 12.6 Å². The molecule has 2 N–H and O–H groups in total. The molecule has 27 heavy (non-hydrogen) atoms. The maximum Gasteiger partial charge on any atom is 0.295 e. The SMILES string of the molecule is CC(C)c1ccc(NC(=O)c2ncn(C[C@@H](O)c3ccc(F)cc3)n2)cc1. The van der Waals surface area contributed by atoms with Crippen LogP contribution in [0.5, 0.6) is 0 Å². The third-order valence-corrected chi connectivity index (χ3v) is 4.19. The maximum absolute atomic E-state index is 13.0. The number of anilines is 1. The minimum atomic E-state index is -0.883. The van der Waals surface area contributed by atoms with E-state index in [1.807, 2.05) is 24.3 Å². The highest BCUT2D eigenvalue weighted by molar-refractivity contribution is 6.01. The Kier molecular flexibility index (Phi) is 5.61. The van der Waals surface area contributed by atoms with Crippen LogP contribution in [0.25, 0.3) is 0 Å². The van der Waals surface area contributed by atoms with Crippen molar-refractivity contribution in [3.05, 3.63) is 77.6 Å². The van der Waals surface area contributed by atoms with E-state index in [0.29, 0.717) is 17.2 Å². The van der Waals surface area contributed by atoms with Gasteiger partial charge in [0.2, 0.25) is 5.82 Å². The number of nitrogens with zero attached hydrogens (tertiary/aromatic N) is 3. The summed E-state index contributed by atoms with van der Waals surface area (Å²) in [7, 11) is 0. The standard InChI is InChI=1S/C20H21FN4O2/c1-13(2)14-5-9-17(10-6-14)23-20(27)19-22-12-25(24-19)11-18(26)15-3-7-16(21)8-4-15/h3-10,12-13,18,26H,11H2,1-2H3,(H,23,27)/t18-/m1/s1. The zero-order valence-corrected chi connectivity index (χ0v) is 15.1. The fourth-order valence-corrected chi connectivity index (χ4v) is 2.59. The van der Waals surface area contributed by atoms with Gasteiger partial charge in [0.1, 0.15) is 12.1 Å². The van der Waals surface area contributed by atoms with Gasteiger partial charge in [0, 0.05) is 5.69 Å². The van der Waals surface area contributed by atoms with E-state index in [0.717, 1.165) is 0 Å². The molecule has 0 saturated heterocycles. The third kappa shape index (κ3) is 4.77. The van der Waals surface area contributed by atoms with Gasteiger partial charge in [-0.05, 0) is 41.3 Å². The topological polar surface area (TPSA) is 80.0 Å². The highest BCUT2D eigenvalue weighted by Crippen LogP contribution is 2.18. The number of hydrogen-bond donors (Lipinski definition) is 2. The summed E-state index contributed by atoms with van der Waals surface area (Å²) in [5.74, 6) is -0.372. The van der Waals surface area contributed by atoms with Gasteiger partial charge in [0.15, 0.2) is 0 Å². The molecule has 140 valence electrons. The number of benzene rings is 2. The van der Waals surface area contributed by atoms with Crippen molar-refractivity contribution in [1.29, 1.82) is 0 Å². The summed E-state index contributed by atoms with van der Waals surface area (Å²) in [6, 6.07) is 13.2. The molecule has 0 aliphatic heterocycles. The largest absolute Gasteiger partial charge is 0.386 e. The van der Waals surface area contributed by atoms with Crippen LogP contribution in [-0.4, -0.2) is 25.8 Å². The molecule has 0 saturated carbocycles. The summed E-state index contributed by atoms with van der Waals surface area (Å²) in [6.07, 6.45) is 0.496. The number of amides is 1. The first-order valence-electron chi connectivity index (χ1n) is 8.66. The first-order chi connectivity index (χ1) is 12.9. The smallest absolute Gasteiger partial charge is 0.295 e. The second-order valence-corrected chi connectivity index (χ2v) is 6.59. The van der Waals surface area contributed by atoms with Gasteiger partial charge in [-0.25, -0.2) is 14.1 Å². The monoisotopic (exact) mass is 368 g/mol. The highest BCUT2D eigenvalue weighted by Gasteiger charge is 2.15. The molecular weight excluding hydrogens is 347 g/mol. The van der Waals surface area contributed by atoms with Crippen molar-refractivity contribution in [3.63, 3.8) is 0 Å². The van der Waals surface area contributed by atoms with Gasteiger partial charge in [0.25, 0.3) is 5.91 Å². The molecular formula is C20H21FN4O2. The molecule has 0 radical (unpaired) electrons. The summed E-state index contributed by atoms with van der Waals surface area (Å²) in [5.41, 5.74) is 2.40. The lowest BCUT2D eigenvalue weighted by atomic mass is 10.0. The van der Waals surface area contributed by atoms with E-state index in [1.54, 1.807) is 0 Å². The molecule has 1 heterocycles. The molecule has 7 heteroatoms. The molecule has 1 atom stereocenters. The van der Waals surface area contributed by atoms with E-state index in [4.69, 9.17) is 0 Å². The highest BCUT2D eigenvalue weighted by atomic mass is 19.1. The number of aromatic nitrogens is 3. The van der Waals surface area contributed by atoms with Crippen LogP contribution >= 0.6 is 0 Å². The molecule has 3 aromatic rings. The second-order valence-electron chi connectivity index (χ2n) is 6.59. The van der Waals surface area contributed by atoms with Crippen LogP contribution in [0.1, 0.15) is 47.6 Å². The lowest BCUT2D eigenvalue weighted by Crippen LogP contribution is -2.15. The molecule has 6 nitrogen and oxygen atoms in total. The molecule has 0 bridgehead atoms. The molecule has 2 aromatic carbocycles. The first kappa shape index (κ1) is 18.7. The van der Waals surface area contributed by atoms with Gasteiger partial charge in [-0.1, -0.05) is 38.1 Å². The normalized spacial score (nSPS) is 12.2. The van der Waals surface area contributed by atoms with Crippen LogP contribution in [0.3, 0.4) is 0 Å². The van der Waals surface area contributed by atoms with E-state index in [2.05, 4.69) is 29.2 Å². The summed E-state index contributed by atoms with van der Waals surface area (Å²) in [6.45, 7) is 4.31. The van der Waals surface area contributed by atoms with Gasteiger partial charge in [-0.3, -0.25) is 4.79 Å². The number of nitrogens with one attached hydrogen (secondary N) is 1. The lowest BCUT2D eigenvalue weighted by Gasteiger charge is -2.10. The minimum absolute atomic E-state index is 0.00856. The predicted molar refractivity (Wildman–Crippen MR) is 99.9 cm³/mol. The van der Waals surface area contributed by atoms with Crippen LogP contribution in [0.2, 0.25) is 0 Å². The first-order valence-corrected chi connectivity index (χ1v) is 8.66. The number of rotatable bonds is 6. The molecule has 0 spiro atoms. The Bertz CT molecular complexity index is 904. The van der Waals surface area contributed by atoms with E-state index in [1.165, 1.54) is 40.8 Å². The molecule has 0 unspecified atom stereocenters. The van der Waals surface area contributed by atoms with Gasteiger partial charge < -0.3 is 10.4 Å². The third-order valence-electron chi connectivity index (χ3n) is 4.19. The predicted octanol–water partition coefficient (Wildman–Crippen LogP) is 3.53. The average Bonchev–Trinajstić information content (AvgIpc) is 3.11. The van der Waals surface area contributed by atoms with Crippen LogP contribution in [0.4, 0.5) is 10.1 Å². The Hall–Kier alpha value is -3.06. The Balaban J connectivity index is 1.62.